The molecular formula is C20H19N3O3. The molecule has 4 rings (SSSR count). The second-order valence-corrected chi connectivity index (χ2v) is 6.09. The molecule has 0 saturated carbocycles. The highest BCUT2D eigenvalue weighted by molar-refractivity contribution is 5.94. The van der Waals surface area contributed by atoms with Crippen LogP contribution in [0.1, 0.15) is 21.5 Å². The molecule has 1 N–H and O–H groups in total. The van der Waals surface area contributed by atoms with Crippen molar-refractivity contribution in [3.05, 3.63) is 77.6 Å². The highest BCUT2D eigenvalue weighted by atomic mass is 16.7. The van der Waals surface area contributed by atoms with E-state index in [4.69, 9.17) is 9.47 Å². The van der Waals surface area contributed by atoms with Gasteiger partial charge in [0.2, 0.25) is 6.79 Å². The maximum Gasteiger partial charge on any atom is 0.251 e. The Morgan fingerprint density at radius 1 is 1.08 bits per heavy atom. The van der Waals surface area contributed by atoms with E-state index in [0.717, 1.165) is 29.0 Å². The van der Waals surface area contributed by atoms with Crippen molar-refractivity contribution in [2.75, 3.05) is 13.3 Å². The SMILES string of the molecule is O=C(NCCc1ccc2c(c1)OCO2)c1ccc(Cn2cccn2)cc1. The van der Waals surface area contributed by atoms with Gasteiger partial charge in [0.25, 0.3) is 5.91 Å². The fourth-order valence-corrected chi connectivity index (χ4v) is 2.86. The second kappa shape index (κ2) is 7.31. The summed E-state index contributed by atoms with van der Waals surface area (Å²) < 4.78 is 12.5. The Balaban J connectivity index is 1.29. The molecule has 132 valence electrons. The van der Waals surface area contributed by atoms with E-state index in [-0.39, 0.29) is 12.7 Å². The highest BCUT2D eigenvalue weighted by Crippen LogP contribution is 2.32. The molecule has 0 bridgehead atoms. The molecular weight excluding hydrogens is 330 g/mol. The van der Waals surface area contributed by atoms with Gasteiger partial charge in [0, 0.05) is 24.5 Å². The topological polar surface area (TPSA) is 65.4 Å². The van der Waals surface area contributed by atoms with Crippen molar-refractivity contribution in [1.82, 2.24) is 15.1 Å². The van der Waals surface area contributed by atoms with E-state index in [0.29, 0.717) is 18.7 Å². The van der Waals surface area contributed by atoms with Crippen LogP contribution in [-0.2, 0) is 13.0 Å². The van der Waals surface area contributed by atoms with E-state index in [1.54, 1.807) is 6.20 Å². The molecule has 6 heteroatoms. The van der Waals surface area contributed by atoms with Crippen molar-refractivity contribution in [3.8, 4) is 11.5 Å². The quantitative estimate of drug-likeness (QED) is 0.743. The fraction of sp³-hybridized carbons (Fsp3) is 0.200. The molecule has 0 spiro atoms. The van der Waals surface area contributed by atoms with Crippen LogP contribution in [0.2, 0.25) is 0 Å². The minimum Gasteiger partial charge on any atom is -0.454 e. The van der Waals surface area contributed by atoms with E-state index < -0.39 is 0 Å². The Morgan fingerprint density at radius 2 is 1.88 bits per heavy atom. The van der Waals surface area contributed by atoms with Crippen LogP contribution < -0.4 is 14.8 Å². The molecule has 2 heterocycles. The average Bonchev–Trinajstić information content (AvgIpc) is 3.33. The van der Waals surface area contributed by atoms with E-state index in [9.17, 15) is 4.79 Å². The van der Waals surface area contributed by atoms with Crippen LogP contribution in [0.5, 0.6) is 11.5 Å². The number of carbonyl (C=O) groups excluding carboxylic acids is 1. The zero-order valence-corrected chi connectivity index (χ0v) is 14.2. The summed E-state index contributed by atoms with van der Waals surface area (Å²) in [5, 5.41) is 7.13. The molecule has 3 aromatic rings. The lowest BCUT2D eigenvalue weighted by molar-refractivity contribution is 0.0954. The zero-order chi connectivity index (χ0) is 17.8. The molecule has 0 radical (unpaired) electrons. The van der Waals surface area contributed by atoms with Gasteiger partial charge in [0.1, 0.15) is 0 Å². The number of nitrogens with zero attached hydrogens (tertiary/aromatic N) is 2. The fourth-order valence-electron chi connectivity index (χ4n) is 2.86. The maximum atomic E-state index is 12.3. The minimum absolute atomic E-state index is 0.0728. The van der Waals surface area contributed by atoms with Crippen LogP contribution in [0.3, 0.4) is 0 Å². The average molecular weight is 349 g/mol. The number of hydrogen-bond acceptors (Lipinski definition) is 4. The van der Waals surface area contributed by atoms with E-state index >= 15 is 0 Å². The molecule has 0 atom stereocenters. The van der Waals surface area contributed by atoms with E-state index in [1.807, 2.05) is 59.4 Å². The number of benzene rings is 2. The monoisotopic (exact) mass is 349 g/mol. The third kappa shape index (κ3) is 3.69. The Kier molecular flexibility index (Phi) is 4.55. The zero-order valence-electron chi connectivity index (χ0n) is 14.2. The first-order valence-corrected chi connectivity index (χ1v) is 8.51. The molecule has 1 aromatic heterocycles. The molecule has 0 saturated heterocycles. The molecule has 1 aliphatic rings. The third-order valence-corrected chi connectivity index (χ3v) is 4.26. The van der Waals surface area contributed by atoms with Gasteiger partial charge in [-0.25, -0.2) is 0 Å². The van der Waals surface area contributed by atoms with Crippen molar-refractivity contribution in [2.24, 2.45) is 0 Å². The third-order valence-electron chi connectivity index (χ3n) is 4.26. The summed E-state index contributed by atoms with van der Waals surface area (Å²) in [7, 11) is 0. The first-order valence-electron chi connectivity index (χ1n) is 8.51. The Morgan fingerprint density at radius 3 is 2.69 bits per heavy atom. The number of nitrogens with one attached hydrogen (secondary N) is 1. The van der Waals surface area contributed by atoms with Crippen molar-refractivity contribution in [1.29, 1.82) is 0 Å². The van der Waals surface area contributed by atoms with Gasteiger partial charge in [-0.15, -0.1) is 0 Å². The number of rotatable bonds is 6. The molecule has 0 fully saturated rings. The summed E-state index contributed by atoms with van der Waals surface area (Å²) in [4.78, 5) is 12.3. The summed E-state index contributed by atoms with van der Waals surface area (Å²) in [5.41, 5.74) is 2.86. The summed E-state index contributed by atoms with van der Waals surface area (Å²) in [6.45, 7) is 1.53. The van der Waals surface area contributed by atoms with Gasteiger partial charge in [-0.05, 0) is 47.9 Å². The van der Waals surface area contributed by atoms with Crippen LogP contribution in [0, 0.1) is 0 Å². The van der Waals surface area contributed by atoms with Gasteiger partial charge >= 0.3 is 0 Å². The summed E-state index contributed by atoms with van der Waals surface area (Å²) in [5.74, 6) is 1.46. The van der Waals surface area contributed by atoms with Gasteiger partial charge in [0.05, 0.1) is 6.54 Å². The highest BCUT2D eigenvalue weighted by Gasteiger charge is 2.13. The van der Waals surface area contributed by atoms with Crippen LogP contribution in [0.25, 0.3) is 0 Å². The van der Waals surface area contributed by atoms with Crippen LogP contribution in [0.4, 0.5) is 0 Å². The molecule has 0 unspecified atom stereocenters. The molecule has 0 aliphatic carbocycles. The standard InChI is InChI=1S/C20H19N3O3/c24-20(17-5-2-16(3-6-17)13-23-11-1-9-22-23)21-10-8-15-4-7-18-19(12-15)26-14-25-18/h1-7,9,11-12H,8,10,13-14H2,(H,21,24). The number of amides is 1. The second-order valence-electron chi connectivity index (χ2n) is 6.09. The molecule has 26 heavy (non-hydrogen) atoms. The Labute approximate surface area is 151 Å². The molecule has 2 aromatic carbocycles. The Hall–Kier alpha value is -3.28. The van der Waals surface area contributed by atoms with Crippen molar-refractivity contribution < 1.29 is 14.3 Å². The van der Waals surface area contributed by atoms with Gasteiger partial charge < -0.3 is 14.8 Å². The van der Waals surface area contributed by atoms with E-state index in [2.05, 4.69) is 10.4 Å². The first kappa shape index (κ1) is 16.2. The van der Waals surface area contributed by atoms with Crippen molar-refractivity contribution in [3.63, 3.8) is 0 Å². The lowest BCUT2D eigenvalue weighted by Gasteiger charge is -2.07. The number of ether oxygens (including phenoxy) is 2. The van der Waals surface area contributed by atoms with Gasteiger partial charge in [0.15, 0.2) is 11.5 Å². The molecule has 6 nitrogen and oxygen atoms in total. The summed E-state index contributed by atoms with van der Waals surface area (Å²) >= 11 is 0. The first-order chi connectivity index (χ1) is 12.8. The van der Waals surface area contributed by atoms with Crippen LogP contribution in [0.15, 0.2) is 60.9 Å². The molecule has 1 amide bonds. The predicted molar refractivity (Wildman–Crippen MR) is 96.4 cm³/mol. The van der Waals surface area contributed by atoms with Crippen LogP contribution in [-0.4, -0.2) is 29.0 Å². The van der Waals surface area contributed by atoms with Gasteiger partial charge in [-0.2, -0.15) is 5.10 Å². The van der Waals surface area contributed by atoms with Crippen LogP contribution >= 0.6 is 0 Å². The number of hydrogen-bond donors (Lipinski definition) is 1. The van der Waals surface area contributed by atoms with Crippen molar-refractivity contribution in [2.45, 2.75) is 13.0 Å². The number of carbonyl (C=O) groups is 1. The summed E-state index contributed by atoms with van der Waals surface area (Å²) in [6, 6.07) is 15.3. The predicted octanol–water partition coefficient (Wildman–Crippen LogP) is 2.63. The number of aromatic nitrogens is 2. The van der Waals surface area contributed by atoms with Gasteiger partial charge in [-0.3, -0.25) is 9.48 Å². The van der Waals surface area contributed by atoms with E-state index in [1.165, 1.54) is 0 Å². The smallest absolute Gasteiger partial charge is 0.251 e. The maximum absolute atomic E-state index is 12.3. The summed E-state index contributed by atoms with van der Waals surface area (Å²) in [6.07, 6.45) is 4.40. The van der Waals surface area contributed by atoms with Gasteiger partial charge in [-0.1, -0.05) is 18.2 Å². The lowest BCUT2D eigenvalue weighted by atomic mass is 10.1. The normalized spacial score (nSPS) is 12.2. The largest absolute Gasteiger partial charge is 0.454 e. The van der Waals surface area contributed by atoms with Crippen molar-refractivity contribution >= 4 is 5.91 Å². The minimum atomic E-state index is -0.0728. The Bertz CT molecular complexity index is 889. The lowest BCUT2D eigenvalue weighted by Crippen LogP contribution is -2.25. The number of fused-ring (bicyclic) bond motifs is 1. The molecule has 1 aliphatic heterocycles.